The number of hydrogen-bond acceptors (Lipinski definition) is 4. The van der Waals surface area contributed by atoms with Crippen LogP contribution in [0.4, 0.5) is 0 Å². The molecule has 2 aliphatic heterocycles. The number of hydrogen-bond donors (Lipinski definition) is 1. The molecule has 0 saturated carbocycles. The predicted octanol–water partition coefficient (Wildman–Crippen LogP) is 0.831. The SMILES string of the molecule is CC1CN(CCN2CCOCC2)CCC1N.Cl.Cl. The van der Waals surface area contributed by atoms with E-state index in [0.717, 1.165) is 32.7 Å². The largest absolute Gasteiger partial charge is 0.379 e. The van der Waals surface area contributed by atoms with Gasteiger partial charge in [0.25, 0.3) is 0 Å². The average Bonchev–Trinajstić information content (AvgIpc) is 2.32. The fourth-order valence-corrected chi connectivity index (χ4v) is 2.56. The highest BCUT2D eigenvalue weighted by Gasteiger charge is 2.23. The Morgan fingerprint density at radius 1 is 1.06 bits per heavy atom. The number of morpholine rings is 1. The lowest BCUT2D eigenvalue weighted by molar-refractivity contribution is 0.0305. The second kappa shape index (κ2) is 9.34. The molecule has 0 spiro atoms. The van der Waals surface area contributed by atoms with E-state index in [1.54, 1.807) is 0 Å². The summed E-state index contributed by atoms with van der Waals surface area (Å²) < 4.78 is 5.35. The van der Waals surface area contributed by atoms with Crippen molar-refractivity contribution in [2.75, 3.05) is 52.5 Å². The van der Waals surface area contributed by atoms with Gasteiger partial charge in [-0.05, 0) is 18.9 Å². The van der Waals surface area contributed by atoms with Crippen molar-refractivity contribution in [2.24, 2.45) is 11.7 Å². The van der Waals surface area contributed by atoms with Crippen LogP contribution in [0.5, 0.6) is 0 Å². The smallest absolute Gasteiger partial charge is 0.0594 e. The highest BCUT2D eigenvalue weighted by molar-refractivity contribution is 5.85. The summed E-state index contributed by atoms with van der Waals surface area (Å²) in [7, 11) is 0. The van der Waals surface area contributed by atoms with Crippen molar-refractivity contribution in [3.63, 3.8) is 0 Å². The maximum atomic E-state index is 6.03. The van der Waals surface area contributed by atoms with Crippen molar-refractivity contribution in [3.8, 4) is 0 Å². The van der Waals surface area contributed by atoms with Crippen LogP contribution in [-0.4, -0.2) is 68.3 Å². The van der Waals surface area contributed by atoms with Crippen LogP contribution in [-0.2, 0) is 4.74 Å². The molecule has 2 heterocycles. The Bertz CT molecular complexity index is 215. The number of ether oxygens (including phenoxy) is 1. The van der Waals surface area contributed by atoms with E-state index in [1.807, 2.05) is 0 Å². The molecule has 2 saturated heterocycles. The molecule has 0 radical (unpaired) electrons. The second-order valence-electron chi connectivity index (χ2n) is 5.18. The maximum absolute atomic E-state index is 6.03. The van der Waals surface area contributed by atoms with Gasteiger partial charge < -0.3 is 15.4 Å². The maximum Gasteiger partial charge on any atom is 0.0594 e. The summed E-state index contributed by atoms with van der Waals surface area (Å²) in [5.74, 6) is 0.651. The van der Waals surface area contributed by atoms with Gasteiger partial charge in [-0.15, -0.1) is 24.8 Å². The Morgan fingerprint density at radius 3 is 2.28 bits per heavy atom. The van der Waals surface area contributed by atoms with Gasteiger partial charge in [-0.3, -0.25) is 4.90 Å². The fourth-order valence-electron chi connectivity index (χ4n) is 2.56. The summed E-state index contributed by atoms with van der Waals surface area (Å²) in [6.45, 7) is 11.0. The number of nitrogens with zero attached hydrogens (tertiary/aromatic N) is 2. The summed E-state index contributed by atoms with van der Waals surface area (Å²) in [6, 6.07) is 0.416. The number of halogens is 2. The minimum absolute atomic E-state index is 0. The number of piperidine rings is 1. The number of rotatable bonds is 3. The van der Waals surface area contributed by atoms with Gasteiger partial charge >= 0.3 is 0 Å². The van der Waals surface area contributed by atoms with Gasteiger partial charge in [0, 0.05) is 38.8 Å². The van der Waals surface area contributed by atoms with Gasteiger partial charge in [-0.25, -0.2) is 0 Å². The van der Waals surface area contributed by atoms with Crippen LogP contribution in [0.1, 0.15) is 13.3 Å². The molecule has 2 N–H and O–H groups in total. The van der Waals surface area contributed by atoms with Crippen molar-refractivity contribution in [3.05, 3.63) is 0 Å². The Labute approximate surface area is 123 Å². The molecule has 0 aliphatic carbocycles. The monoisotopic (exact) mass is 299 g/mol. The predicted molar refractivity (Wildman–Crippen MR) is 80.0 cm³/mol. The zero-order chi connectivity index (χ0) is 11.4. The third-order valence-electron chi connectivity index (χ3n) is 3.89. The van der Waals surface area contributed by atoms with E-state index in [2.05, 4.69) is 16.7 Å². The molecule has 2 rings (SSSR count). The Hall–Kier alpha value is 0.420. The van der Waals surface area contributed by atoms with Crippen LogP contribution < -0.4 is 5.73 Å². The first-order chi connectivity index (χ1) is 7.75. The lowest BCUT2D eigenvalue weighted by atomic mass is 9.95. The highest BCUT2D eigenvalue weighted by atomic mass is 35.5. The number of nitrogens with two attached hydrogens (primary N) is 1. The molecule has 2 fully saturated rings. The molecule has 6 heteroatoms. The van der Waals surface area contributed by atoms with E-state index in [9.17, 15) is 0 Å². The third kappa shape index (κ3) is 5.59. The van der Waals surface area contributed by atoms with Crippen molar-refractivity contribution in [1.29, 1.82) is 0 Å². The first kappa shape index (κ1) is 18.4. The molecule has 110 valence electrons. The summed E-state index contributed by atoms with van der Waals surface area (Å²) in [5, 5.41) is 0. The first-order valence-electron chi connectivity index (χ1n) is 6.54. The molecule has 2 atom stereocenters. The van der Waals surface area contributed by atoms with Crippen LogP contribution in [0.15, 0.2) is 0 Å². The van der Waals surface area contributed by atoms with Crippen molar-refractivity contribution < 1.29 is 4.74 Å². The van der Waals surface area contributed by atoms with Gasteiger partial charge in [0.2, 0.25) is 0 Å². The van der Waals surface area contributed by atoms with Gasteiger partial charge in [0.15, 0.2) is 0 Å². The third-order valence-corrected chi connectivity index (χ3v) is 3.89. The van der Waals surface area contributed by atoms with E-state index >= 15 is 0 Å². The Balaban J connectivity index is 0.00000144. The normalized spacial score (nSPS) is 30.3. The minimum Gasteiger partial charge on any atom is -0.379 e. The second-order valence-corrected chi connectivity index (χ2v) is 5.18. The molecule has 4 nitrogen and oxygen atoms in total. The van der Waals surface area contributed by atoms with E-state index in [1.165, 1.54) is 26.2 Å². The molecule has 0 bridgehead atoms. The number of likely N-dealkylation sites (tertiary alicyclic amines) is 1. The lowest BCUT2D eigenvalue weighted by Crippen LogP contribution is -2.48. The van der Waals surface area contributed by atoms with Crippen LogP contribution in [0.3, 0.4) is 0 Å². The fraction of sp³-hybridized carbons (Fsp3) is 1.00. The molecule has 0 aromatic rings. The van der Waals surface area contributed by atoms with Crippen molar-refractivity contribution >= 4 is 24.8 Å². The van der Waals surface area contributed by atoms with Crippen LogP contribution in [0, 0.1) is 5.92 Å². The zero-order valence-electron chi connectivity index (χ0n) is 11.2. The molecular weight excluding hydrogens is 273 g/mol. The summed E-state index contributed by atoms with van der Waals surface area (Å²) in [6.07, 6.45) is 1.16. The first-order valence-corrected chi connectivity index (χ1v) is 6.54. The van der Waals surface area contributed by atoms with Gasteiger partial charge in [0.05, 0.1) is 13.2 Å². The molecule has 2 aliphatic rings. The van der Waals surface area contributed by atoms with Crippen LogP contribution in [0.2, 0.25) is 0 Å². The lowest BCUT2D eigenvalue weighted by Gasteiger charge is -2.36. The molecule has 0 aromatic heterocycles. The van der Waals surface area contributed by atoms with Crippen molar-refractivity contribution in [1.82, 2.24) is 9.80 Å². The quantitative estimate of drug-likeness (QED) is 0.838. The minimum atomic E-state index is 0. The Kier molecular flexibility index (Phi) is 9.56. The van der Waals surface area contributed by atoms with E-state index in [4.69, 9.17) is 10.5 Å². The van der Waals surface area contributed by atoms with Crippen LogP contribution in [0.25, 0.3) is 0 Å². The van der Waals surface area contributed by atoms with Crippen molar-refractivity contribution in [2.45, 2.75) is 19.4 Å². The Morgan fingerprint density at radius 2 is 1.67 bits per heavy atom. The topological polar surface area (TPSA) is 41.7 Å². The zero-order valence-corrected chi connectivity index (χ0v) is 12.8. The molecular formula is C12H27Cl2N3O. The van der Waals surface area contributed by atoms with E-state index < -0.39 is 0 Å². The molecule has 0 amide bonds. The summed E-state index contributed by atoms with van der Waals surface area (Å²) >= 11 is 0. The van der Waals surface area contributed by atoms with Gasteiger partial charge in [0.1, 0.15) is 0 Å². The summed E-state index contributed by atoms with van der Waals surface area (Å²) in [5.41, 5.74) is 6.03. The highest BCUT2D eigenvalue weighted by Crippen LogP contribution is 2.14. The molecule has 18 heavy (non-hydrogen) atoms. The summed E-state index contributed by atoms with van der Waals surface area (Å²) in [4.78, 5) is 5.06. The average molecular weight is 300 g/mol. The van der Waals surface area contributed by atoms with Gasteiger partial charge in [-0.1, -0.05) is 6.92 Å². The van der Waals surface area contributed by atoms with Crippen LogP contribution >= 0.6 is 24.8 Å². The van der Waals surface area contributed by atoms with Gasteiger partial charge in [-0.2, -0.15) is 0 Å². The van der Waals surface area contributed by atoms with E-state index in [0.29, 0.717) is 12.0 Å². The van der Waals surface area contributed by atoms with E-state index in [-0.39, 0.29) is 24.8 Å². The molecule has 0 aromatic carbocycles. The standard InChI is InChI=1S/C12H25N3O.2ClH/c1-11-10-15(3-2-12(11)13)5-4-14-6-8-16-9-7-14;;/h11-12H,2-10,13H2,1H3;2*1H. The molecule has 2 unspecified atom stereocenters.